The molecule has 0 spiro atoms. The molecule has 1 heterocycles. The van der Waals surface area contributed by atoms with E-state index in [0.29, 0.717) is 24.4 Å². The molecule has 1 saturated carbocycles. The molecule has 96 valence electrons. The van der Waals surface area contributed by atoms with Gasteiger partial charge < -0.3 is 10.6 Å². The zero-order chi connectivity index (χ0) is 12.7. The summed E-state index contributed by atoms with van der Waals surface area (Å²) in [5.74, 6) is 0.620. The summed E-state index contributed by atoms with van der Waals surface area (Å²) in [5, 5.41) is 0. The summed E-state index contributed by atoms with van der Waals surface area (Å²) in [5.41, 5.74) is 9.31. The van der Waals surface area contributed by atoms with Crippen molar-refractivity contribution in [3.63, 3.8) is 0 Å². The number of carbonyl (C=O) groups is 1. The molecule has 2 aliphatic rings. The van der Waals surface area contributed by atoms with Crippen LogP contribution in [-0.4, -0.2) is 18.5 Å². The van der Waals surface area contributed by atoms with Gasteiger partial charge in [-0.05, 0) is 56.3 Å². The molecule has 0 bridgehead atoms. The molecule has 1 aliphatic heterocycles. The zero-order valence-corrected chi connectivity index (χ0v) is 10.9. The second kappa shape index (κ2) is 4.39. The Balaban J connectivity index is 1.90. The lowest BCUT2D eigenvalue weighted by molar-refractivity contribution is -0.120. The summed E-state index contributed by atoms with van der Waals surface area (Å²) >= 11 is 0. The van der Waals surface area contributed by atoms with E-state index in [1.807, 2.05) is 4.90 Å². The van der Waals surface area contributed by atoms with Gasteiger partial charge in [0.05, 0.1) is 0 Å². The largest absolute Gasteiger partial charge is 0.330 e. The van der Waals surface area contributed by atoms with Crippen LogP contribution >= 0.6 is 0 Å². The Bertz CT molecular complexity index is 479. The molecule has 3 nitrogen and oxygen atoms in total. The number of hydrogen-bond acceptors (Lipinski definition) is 2. The SMILES string of the molecule is CC1Cc2cc(CCN)ccc2N1C(=O)C1CC1. The van der Waals surface area contributed by atoms with E-state index in [2.05, 4.69) is 25.1 Å². The van der Waals surface area contributed by atoms with Crippen molar-refractivity contribution in [2.24, 2.45) is 11.7 Å². The van der Waals surface area contributed by atoms with Crippen molar-refractivity contribution in [2.45, 2.75) is 38.6 Å². The van der Waals surface area contributed by atoms with Gasteiger partial charge in [0, 0.05) is 17.6 Å². The minimum absolute atomic E-state index is 0.294. The second-order valence-corrected chi connectivity index (χ2v) is 5.54. The quantitative estimate of drug-likeness (QED) is 0.882. The minimum atomic E-state index is 0.294. The normalized spacial score (nSPS) is 22.1. The number of amides is 1. The Hall–Kier alpha value is -1.35. The van der Waals surface area contributed by atoms with Crippen molar-refractivity contribution < 1.29 is 4.79 Å². The van der Waals surface area contributed by atoms with Crippen molar-refractivity contribution in [2.75, 3.05) is 11.4 Å². The van der Waals surface area contributed by atoms with Crippen LogP contribution in [0.5, 0.6) is 0 Å². The van der Waals surface area contributed by atoms with E-state index in [1.165, 1.54) is 11.1 Å². The van der Waals surface area contributed by atoms with E-state index in [-0.39, 0.29) is 0 Å². The van der Waals surface area contributed by atoms with Crippen molar-refractivity contribution in [1.29, 1.82) is 0 Å². The summed E-state index contributed by atoms with van der Waals surface area (Å²) in [6.45, 7) is 2.82. The van der Waals surface area contributed by atoms with E-state index in [4.69, 9.17) is 5.73 Å². The number of hydrogen-bond donors (Lipinski definition) is 1. The molecular formula is C15H20N2O. The predicted octanol–water partition coefficient (Wildman–Crippen LogP) is 1.88. The molecule has 0 saturated heterocycles. The number of anilines is 1. The van der Waals surface area contributed by atoms with E-state index in [0.717, 1.165) is 31.4 Å². The van der Waals surface area contributed by atoms with Gasteiger partial charge in [0.2, 0.25) is 5.91 Å². The van der Waals surface area contributed by atoms with Gasteiger partial charge in [-0.3, -0.25) is 4.79 Å². The summed E-state index contributed by atoms with van der Waals surface area (Å²) in [6.07, 6.45) is 4.04. The lowest BCUT2D eigenvalue weighted by Crippen LogP contribution is -2.36. The number of benzene rings is 1. The van der Waals surface area contributed by atoms with Crippen LogP contribution in [0.25, 0.3) is 0 Å². The fourth-order valence-electron chi connectivity index (χ4n) is 2.87. The summed E-state index contributed by atoms with van der Waals surface area (Å²) in [4.78, 5) is 14.3. The van der Waals surface area contributed by atoms with E-state index in [9.17, 15) is 4.79 Å². The molecule has 1 atom stereocenters. The number of rotatable bonds is 3. The third-order valence-corrected chi connectivity index (χ3v) is 3.96. The molecule has 1 aromatic carbocycles. The fraction of sp³-hybridized carbons (Fsp3) is 0.533. The Labute approximate surface area is 108 Å². The lowest BCUT2D eigenvalue weighted by atomic mass is 10.1. The van der Waals surface area contributed by atoms with Gasteiger partial charge in [0.25, 0.3) is 0 Å². The summed E-state index contributed by atoms with van der Waals surface area (Å²) < 4.78 is 0. The van der Waals surface area contributed by atoms with Gasteiger partial charge in [-0.25, -0.2) is 0 Å². The Kier molecular flexibility index (Phi) is 2.86. The molecule has 1 aliphatic carbocycles. The van der Waals surface area contributed by atoms with Crippen molar-refractivity contribution >= 4 is 11.6 Å². The van der Waals surface area contributed by atoms with E-state index in [1.54, 1.807) is 0 Å². The average molecular weight is 244 g/mol. The van der Waals surface area contributed by atoms with Gasteiger partial charge in [-0.1, -0.05) is 12.1 Å². The maximum absolute atomic E-state index is 12.3. The Morgan fingerprint density at radius 1 is 1.44 bits per heavy atom. The van der Waals surface area contributed by atoms with E-state index >= 15 is 0 Å². The fourth-order valence-corrected chi connectivity index (χ4v) is 2.87. The van der Waals surface area contributed by atoms with Crippen molar-refractivity contribution in [3.8, 4) is 0 Å². The molecule has 2 N–H and O–H groups in total. The predicted molar refractivity (Wildman–Crippen MR) is 72.6 cm³/mol. The Morgan fingerprint density at radius 3 is 2.89 bits per heavy atom. The highest BCUT2D eigenvalue weighted by molar-refractivity contribution is 5.98. The first-order valence-corrected chi connectivity index (χ1v) is 6.85. The first-order chi connectivity index (χ1) is 8.70. The molecule has 1 unspecified atom stereocenters. The third-order valence-electron chi connectivity index (χ3n) is 3.96. The van der Waals surface area contributed by atoms with Gasteiger partial charge in [-0.2, -0.15) is 0 Å². The molecule has 3 rings (SSSR count). The summed E-state index contributed by atoms with van der Waals surface area (Å²) in [7, 11) is 0. The second-order valence-electron chi connectivity index (χ2n) is 5.54. The Morgan fingerprint density at radius 2 is 2.22 bits per heavy atom. The number of nitrogens with zero attached hydrogens (tertiary/aromatic N) is 1. The molecule has 3 heteroatoms. The van der Waals surface area contributed by atoms with Gasteiger partial charge in [0.15, 0.2) is 0 Å². The first-order valence-electron chi connectivity index (χ1n) is 6.85. The number of nitrogens with two attached hydrogens (primary N) is 1. The highest BCUT2D eigenvalue weighted by Gasteiger charge is 2.39. The van der Waals surface area contributed by atoms with Crippen LogP contribution in [0.4, 0.5) is 5.69 Å². The van der Waals surface area contributed by atoms with E-state index < -0.39 is 0 Å². The van der Waals surface area contributed by atoms with Gasteiger partial charge >= 0.3 is 0 Å². The standard InChI is InChI=1S/C15H20N2O/c1-10-8-13-9-11(6-7-16)2-5-14(13)17(10)15(18)12-3-4-12/h2,5,9-10,12H,3-4,6-8,16H2,1H3. The van der Waals surface area contributed by atoms with Crippen LogP contribution in [0, 0.1) is 5.92 Å². The van der Waals surface area contributed by atoms with Crippen molar-refractivity contribution in [1.82, 2.24) is 0 Å². The molecule has 18 heavy (non-hydrogen) atoms. The monoisotopic (exact) mass is 244 g/mol. The maximum Gasteiger partial charge on any atom is 0.230 e. The topological polar surface area (TPSA) is 46.3 Å². The van der Waals surface area contributed by atoms with Crippen LogP contribution in [-0.2, 0) is 17.6 Å². The highest BCUT2D eigenvalue weighted by Crippen LogP contribution is 2.39. The van der Waals surface area contributed by atoms with Crippen LogP contribution in [0.15, 0.2) is 18.2 Å². The van der Waals surface area contributed by atoms with Gasteiger partial charge in [-0.15, -0.1) is 0 Å². The maximum atomic E-state index is 12.3. The smallest absolute Gasteiger partial charge is 0.230 e. The molecule has 0 aromatic heterocycles. The van der Waals surface area contributed by atoms with Crippen molar-refractivity contribution in [3.05, 3.63) is 29.3 Å². The van der Waals surface area contributed by atoms with Crippen LogP contribution in [0.1, 0.15) is 30.9 Å². The summed E-state index contributed by atoms with van der Waals surface area (Å²) in [6, 6.07) is 6.74. The van der Waals surface area contributed by atoms with Crippen LogP contribution < -0.4 is 10.6 Å². The third kappa shape index (κ3) is 1.93. The van der Waals surface area contributed by atoms with Crippen LogP contribution in [0.3, 0.4) is 0 Å². The average Bonchev–Trinajstić information content (AvgIpc) is 3.12. The molecular weight excluding hydrogens is 224 g/mol. The molecule has 1 aromatic rings. The first kappa shape index (κ1) is 11.7. The zero-order valence-electron chi connectivity index (χ0n) is 10.9. The molecule has 1 fully saturated rings. The van der Waals surface area contributed by atoms with Gasteiger partial charge in [0.1, 0.15) is 0 Å². The minimum Gasteiger partial charge on any atom is -0.330 e. The number of carbonyl (C=O) groups excluding carboxylic acids is 1. The molecule has 0 radical (unpaired) electrons. The van der Waals surface area contributed by atoms with Crippen LogP contribution in [0.2, 0.25) is 0 Å². The lowest BCUT2D eigenvalue weighted by Gasteiger charge is -2.22. The molecule has 1 amide bonds. The number of fused-ring (bicyclic) bond motifs is 1. The highest BCUT2D eigenvalue weighted by atomic mass is 16.2.